The highest BCUT2D eigenvalue weighted by Gasteiger charge is 2.29. The van der Waals surface area contributed by atoms with E-state index in [0.717, 1.165) is 10.0 Å². The molecule has 98 valence electrons. The fraction of sp³-hybridized carbons (Fsp3) is 0.308. The van der Waals surface area contributed by atoms with Crippen LogP contribution < -0.4 is 0 Å². The molecule has 3 rings (SSSR count). The highest BCUT2D eigenvalue weighted by atomic mass is 79.9. The number of hydrogen-bond acceptors (Lipinski definition) is 5. The summed E-state index contributed by atoms with van der Waals surface area (Å²) >= 11 is 3.37. The highest BCUT2D eigenvalue weighted by Crippen LogP contribution is 2.24. The van der Waals surface area contributed by atoms with Crippen LogP contribution in [0.3, 0.4) is 0 Å². The molecule has 0 bridgehead atoms. The molecule has 6 heteroatoms. The number of nitrogens with zero attached hydrogens (tertiary/aromatic N) is 2. The van der Waals surface area contributed by atoms with Crippen molar-refractivity contribution in [1.82, 2.24) is 10.1 Å². The van der Waals surface area contributed by atoms with Crippen LogP contribution in [0.4, 0.5) is 0 Å². The Morgan fingerprint density at radius 3 is 2.79 bits per heavy atom. The maximum Gasteiger partial charge on any atom is 0.239 e. The van der Waals surface area contributed by atoms with Crippen molar-refractivity contribution in [2.75, 3.05) is 13.2 Å². The van der Waals surface area contributed by atoms with Crippen molar-refractivity contribution in [1.29, 1.82) is 0 Å². The van der Waals surface area contributed by atoms with Crippen LogP contribution in [0.25, 0.3) is 11.4 Å². The molecule has 0 spiro atoms. The van der Waals surface area contributed by atoms with E-state index >= 15 is 0 Å². The predicted octanol–water partition coefficient (Wildman–Crippen LogP) is 2.57. The first kappa shape index (κ1) is 12.5. The third-order valence-electron chi connectivity index (χ3n) is 3.01. The lowest BCUT2D eigenvalue weighted by atomic mass is 10.0. The van der Waals surface area contributed by atoms with Crippen LogP contribution in [0.2, 0.25) is 0 Å². The molecule has 2 heterocycles. The summed E-state index contributed by atoms with van der Waals surface area (Å²) in [4.78, 5) is 16.1. The minimum absolute atomic E-state index is 0.0947. The predicted molar refractivity (Wildman–Crippen MR) is 70.6 cm³/mol. The molecule has 0 N–H and O–H groups in total. The number of carbonyl (C=O) groups is 1. The second-order valence-corrected chi connectivity index (χ2v) is 5.22. The van der Waals surface area contributed by atoms with Gasteiger partial charge in [-0.15, -0.1) is 0 Å². The van der Waals surface area contributed by atoms with Gasteiger partial charge in [0, 0.05) is 16.5 Å². The summed E-state index contributed by atoms with van der Waals surface area (Å²) in [5.74, 6) is 0.492. The standard InChI is InChI=1S/C13H11BrN2O3/c14-9-3-1-8(2-4-9)12-15-13(19-16-12)10-7-18-6-5-11(10)17/h1-4,10H,5-7H2. The van der Waals surface area contributed by atoms with E-state index < -0.39 is 5.92 Å². The summed E-state index contributed by atoms with van der Waals surface area (Å²) < 4.78 is 11.5. The molecular formula is C13H11BrN2O3. The van der Waals surface area contributed by atoms with Crippen molar-refractivity contribution in [2.24, 2.45) is 0 Å². The quantitative estimate of drug-likeness (QED) is 0.850. The Kier molecular flexibility index (Phi) is 3.44. The maximum atomic E-state index is 11.8. The normalized spacial score (nSPS) is 19.6. The first-order chi connectivity index (χ1) is 9.24. The third-order valence-corrected chi connectivity index (χ3v) is 3.54. The maximum absolute atomic E-state index is 11.8. The molecular weight excluding hydrogens is 312 g/mol. The van der Waals surface area contributed by atoms with Gasteiger partial charge in [-0.25, -0.2) is 0 Å². The molecule has 0 radical (unpaired) electrons. The van der Waals surface area contributed by atoms with Crippen molar-refractivity contribution in [3.05, 3.63) is 34.6 Å². The highest BCUT2D eigenvalue weighted by molar-refractivity contribution is 9.10. The number of halogens is 1. The van der Waals surface area contributed by atoms with Crippen LogP contribution >= 0.6 is 15.9 Å². The Morgan fingerprint density at radius 2 is 2.05 bits per heavy atom. The van der Waals surface area contributed by atoms with E-state index in [4.69, 9.17) is 9.26 Å². The topological polar surface area (TPSA) is 65.2 Å². The molecule has 2 aromatic rings. The third kappa shape index (κ3) is 2.59. The van der Waals surface area contributed by atoms with E-state index in [2.05, 4.69) is 26.1 Å². The molecule has 1 saturated heterocycles. The van der Waals surface area contributed by atoms with Crippen molar-refractivity contribution >= 4 is 21.7 Å². The smallest absolute Gasteiger partial charge is 0.239 e. The number of Topliss-reactive ketones (excluding diaryl/α,β-unsaturated/α-hetero) is 1. The van der Waals surface area contributed by atoms with Crippen molar-refractivity contribution in [3.63, 3.8) is 0 Å². The summed E-state index contributed by atoms with van der Waals surface area (Å²) in [6.07, 6.45) is 0.403. The summed E-state index contributed by atoms with van der Waals surface area (Å²) in [5, 5.41) is 3.92. The van der Waals surface area contributed by atoms with E-state index in [0.29, 0.717) is 31.3 Å². The largest absolute Gasteiger partial charge is 0.380 e. The molecule has 1 fully saturated rings. The van der Waals surface area contributed by atoms with Gasteiger partial charge in [0.25, 0.3) is 0 Å². The Morgan fingerprint density at radius 1 is 1.26 bits per heavy atom. The lowest BCUT2D eigenvalue weighted by molar-refractivity contribution is -0.127. The van der Waals surface area contributed by atoms with Crippen LogP contribution in [0.5, 0.6) is 0 Å². The van der Waals surface area contributed by atoms with Crippen molar-refractivity contribution in [2.45, 2.75) is 12.3 Å². The van der Waals surface area contributed by atoms with E-state index in [1.165, 1.54) is 0 Å². The Hall–Kier alpha value is -1.53. The van der Waals surface area contributed by atoms with Gasteiger partial charge in [-0.1, -0.05) is 21.1 Å². The minimum Gasteiger partial charge on any atom is -0.380 e. The number of hydrogen-bond donors (Lipinski definition) is 0. The van der Waals surface area contributed by atoms with Gasteiger partial charge in [-0.3, -0.25) is 4.79 Å². The zero-order valence-electron chi connectivity index (χ0n) is 10.0. The Bertz CT molecular complexity index is 594. The van der Waals surface area contributed by atoms with Gasteiger partial charge in [0.2, 0.25) is 11.7 Å². The minimum atomic E-state index is -0.426. The van der Waals surface area contributed by atoms with Crippen LogP contribution in [0.1, 0.15) is 18.2 Å². The molecule has 1 atom stereocenters. The summed E-state index contributed by atoms with van der Waals surface area (Å²) in [6, 6.07) is 7.58. The van der Waals surface area contributed by atoms with E-state index in [9.17, 15) is 4.79 Å². The van der Waals surface area contributed by atoms with Gasteiger partial charge < -0.3 is 9.26 Å². The molecule has 1 aliphatic heterocycles. The number of ether oxygens (including phenoxy) is 1. The molecule has 1 aromatic carbocycles. The van der Waals surface area contributed by atoms with Gasteiger partial charge >= 0.3 is 0 Å². The molecule has 1 aliphatic rings. The molecule has 0 amide bonds. The number of carbonyl (C=O) groups excluding carboxylic acids is 1. The van der Waals surface area contributed by atoms with E-state index in [1.54, 1.807) is 0 Å². The molecule has 19 heavy (non-hydrogen) atoms. The monoisotopic (exact) mass is 322 g/mol. The van der Waals surface area contributed by atoms with Gasteiger partial charge in [0.1, 0.15) is 11.7 Å². The van der Waals surface area contributed by atoms with Crippen LogP contribution in [0, 0.1) is 0 Å². The average Bonchev–Trinajstić information content (AvgIpc) is 2.89. The fourth-order valence-electron chi connectivity index (χ4n) is 1.94. The van der Waals surface area contributed by atoms with Crippen LogP contribution in [0.15, 0.2) is 33.3 Å². The van der Waals surface area contributed by atoms with E-state index in [1.807, 2.05) is 24.3 Å². The number of rotatable bonds is 2. The second kappa shape index (κ2) is 5.22. The number of aromatic nitrogens is 2. The van der Waals surface area contributed by atoms with Gasteiger partial charge in [0.05, 0.1) is 13.2 Å². The Balaban J connectivity index is 1.86. The summed E-state index contributed by atoms with van der Waals surface area (Å²) in [5.41, 5.74) is 0.849. The van der Waals surface area contributed by atoms with Gasteiger partial charge in [-0.05, 0) is 24.3 Å². The average molecular weight is 323 g/mol. The SMILES string of the molecule is O=C1CCOCC1c1nc(-c2ccc(Br)cc2)no1. The summed E-state index contributed by atoms with van der Waals surface area (Å²) in [7, 11) is 0. The molecule has 5 nitrogen and oxygen atoms in total. The number of benzene rings is 1. The Labute approximate surface area is 118 Å². The van der Waals surface area contributed by atoms with Gasteiger partial charge in [-0.2, -0.15) is 4.98 Å². The van der Waals surface area contributed by atoms with Crippen molar-refractivity contribution in [3.8, 4) is 11.4 Å². The first-order valence-electron chi connectivity index (χ1n) is 5.94. The first-order valence-corrected chi connectivity index (χ1v) is 6.73. The summed E-state index contributed by atoms with van der Waals surface area (Å²) in [6.45, 7) is 0.795. The number of ketones is 1. The molecule has 1 aromatic heterocycles. The fourth-order valence-corrected chi connectivity index (χ4v) is 2.21. The lowest BCUT2D eigenvalue weighted by Crippen LogP contribution is -2.25. The second-order valence-electron chi connectivity index (χ2n) is 4.31. The van der Waals surface area contributed by atoms with Gasteiger partial charge in [0.15, 0.2) is 0 Å². The molecule has 1 unspecified atom stereocenters. The van der Waals surface area contributed by atoms with Crippen LogP contribution in [-0.2, 0) is 9.53 Å². The lowest BCUT2D eigenvalue weighted by Gasteiger charge is -2.16. The molecule has 0 saturated carbocycles. The van der Waals surface area contributed by atoms with E-state index in [-0.39, 0.29) is 5.78 Å². The zero-order chi connectivity index (χ0) is 13.2. The van der Waals surface area contributed by atoms with Crippen LogP contribution in [-0.4, -0.2) is 29.1 Å². The van der Waals surface area contributed by atoms with Crippen molar-refractivity contribution < 1.29 is 14.1 Å². The zero-order valence-corrected chi connectivity index (χ0v) is 11.6. The molecule has 0 aliphatic carbocycles.